The van der Waals surface area contributed by atoms with Gasteiger partial charge in [-0.1, -0.05) is 6.42 Å². The number of carbonyl (C=O) groups is 1. The van der Waals surface area contributed by atoms with Gasteiger partial charge in [-0.3, -0.25) is 4.79 Å². The molecule has 3 rings (SSSR count). The molecule has 2 unspecified atom stereocenters. The lowest BCUT2D eigenvalue weighted by atomic mass is 9.96. The molecular formula is C13H21NO2S. The van der Waals surface area contributed by atoms with Crippen LogP contribution in [0.1, 0.15) is 32.1 Å². The number of hydrogen-bond acceptors (Lipinski definition) is 3. The fourth-order valence-corrected chi connectivity index (χ4v) is 4.76. The van der Waals surface area contributed by atoms with Gasteiger partial charge in [-0.25, -0.2) is 0 Å². The molecule has 3 aliphatic rings. The van der Waals surface area contributed by atoms with E-state index in [0.29, 0.717) is 18.4 Å². The van der Waals surface area contributed by atoms with Crippen LogP contribution in [-0.4, -0.2) is 34.7 Å². The molecule has 3 nitrogen and oxygen atoms in total. The van der Waals surface area contributed by atoms with Crippen LogP contribution in [0.25, 0.3) is 0 Å². The summed E-state index contributed by atoms with van der Waals surface area (Å²) in [7, 11) is 0. The van der Waals surface area contributed by atoms with E-state index in [1.165, 1.54) is 19.3 Å². The first-order valence-electron chi connectivity index (χ1n) is 6.77. The number of rotatable bonds is 3. The van der Waals surface area contributed by atoms with Crippen LogP contribution in [-0.2, 0) is 4.79 Å². The Kier molecular flexibility index (Phi) is 3.11. The van der Waals surface area contributed by atoms with Crippen LogP contribution in [0, 0.1) is 17.8 Å². The molecule has 0 radical (unpaired) electrons. The van der Waals surface area contributed by atoms with Crippen molar-refractivity contribution in [2.24, 2.45) is 17.8 Å². The standard InChI is InChI=1S/C13H21NO2S/c15-12(11-9-2-1-3-10(9)11)14-8-13(16)4-6-17-7-5-13/h9-11,16H,1-8H2,(H,14,15). The Balaban J connectivity index is 1.46. The predicted octanol–water partition coefficient (Wildman–Crippen LogP) is 1.41. The molecule has 17 heavy (non-hydrogen) atoms. The minimum Gasteiger partial charge on any atom is -0.388 e. The van der Waals surface area contributed by atoms with Crippen LogP contribution < -0.4 is 5.32 Å². The fourth-order valence-electron chi connectivity index (χ4n) is 3.51. The van der Waals surface area contributed by atoms with Crippen molar-refractivity contribution >= 4 is 17.7 Å². The molecule has 3 fully saturated rings. The lowest BCUT2D eigenvalue weighted by molar-refractivity contribution is -0.124. The summed E-state index contributed by atoms with van der Waals surface area (Å²) in [6.07, 6.45) is 5.42. The van der Waals surface area contributed by atoms with Crippen LogP contribution in [0.2, 0.25) is 0 Å². The topological polar surface area (TPSA) is 49.3 Å². The van der Waals surface area contributed by atoms with Crippen molar-refractivity contribution in [3.05, 3.63) is 0 Å². The normalized spacial score (nSPS) is 38.5. The number of nitrogens with one attached hydrogen (secondary N) is 1. The first kappa shape index (κ1) is 11.8. The molecule has 2 atom stereocenters. The average molecular weight is 255 g/mol. The molecule has 1 heterocycles. The summed E-state index contributed by atoms with van der Waals surface area (Å²) in [6.45, 7) is 0.461. The zero-order chi connectivity index (χ0) is 11.9. The number of hydrogen-bond donors (Lipinski definition) is 2. The van der Waals surface area contributed by atoms with Gasteiger partial charge in [0.25, 0.3) is 0 Å². The second-order valence-electron chi connectivity index (χ2n) is 5.84. The second kappa shape index (κ2) is 4.47. The third-order valence-corrected chi connectivity index (χ3v) is 5.71. The van der Waals surface area contributed by atoms with Gasteiger partial charge in [0.05, 0.1) is 5.60 Å². The van der Waals surface area contributed by atoms with Crippen LogP contribution >= 0.6 is 11.8 Å². The first-order chi connectivity index (χ1) is 8.20. The van der Waals surface area contributed by atoms with Gasteiger partial charge in [0.15, 0.2) is 0 Å². The van der Waals surface area contributed by atoms with Crippen molar-refractivity contribution in [2.75, 3.05) is 18.1 Å². The van der Waals surface area contributed by atoms with E-state index in [1.807, 2.05) is 11.8 Å². The van der Waals surface area contributed by atoms with E-state index >= 15 is 0 Å². The largest absolute Gasteiger partial charge is 0.388 e. The number of carbonyl (C=O) groups excluding carboxylic acids is 1. The SMILES string of the molecule is O=C(NCC1(O)CCSCC1)C1C2CCCC21. The highest BCUT2D eigenvalue weighted by atomic mass is 32.2. The Morgan fingerprint density at radius 3 is 2.59 bits per heavy atom. The molecule has 0 aromatic heterocycles. The van der Waals surface area contributed by atoms with Crippen molar-refractivity contribution in [3.8, 4) is 0 Å². The monoisotopic (exact) mass is 255 g/mol. The Labute approximate surface area is 107 Å². The Hall–Kier alpha value is -0.220. The van der Waals surface area contributed by atoms with Gasteiger partial charge < -0.3 is 10.4 Å². The van der Waals surface area contributed by atoms with Crippen LogP contribution in [0.3, 0.4) is 0 Å². The molecule has 1 aliphatic heterocycles. The summed E-state index contributed by atoms with van der Waals surface area (Å²) >= 11 is 1.89. The highest BCUT2D eigenvalue weighted by Crippen LogP contribution is 2.57. The Morgan fingerprint density at radius 1 is 1.29 bits per heavy atom. The number of thioether (sulfide) groups is 1. The zero-order valence-electron chi connectivity index (χ0n) is 10.2. The molecule has 0 spiro atoms. The van der Waals surface area contributed by atoms with Gasteiger partial charge in [0.1, 0.15) is 0 Å². The fraction of sp³-hybridized carbons (Fsp3) is 0.923. The van der Waals surface area contributed by atoms with E-state index in [-0.39, 0.29) is 11.8 Å². The summed E-state index contributed by atoms with van der Waals surface area (Å²) in [6, 6.07) is 0. The number of aliphatic hydroxyl groups is 1. The lowest BCUT2D eigenvalue weighted by Gasteiger charge is -2.31. The summed E-state index contributed by atoms with van der Waals surface area (Å²) in [5.41, 5.74) is -0.634. The third-order valence-electron chi connectivity index (χ3n) is 4.72. The maximum absolute atomic E-state index is 12.0. The van der Waals surface area contributed by atoms with Crippen molar-refractivity contribution in [2.45, 2.75) is 37.7 Å². The smallest absolute Gasteiger partial charge is 0.223 e. The van der Waals surface area contributed by atoms with Crippen molar-refractivity contribution in [1.29, 1.82) is 0 Å². The van der Waals surface area contributed by atoms with Crippen molar-refractivity contribution in [1.82, 2.24) is 5.32 Å². The van der Waals surface area contributed by atoms with E-state index < -0.39 is 5.60 Å². The highest BCUT2D eigenvalue weighted by molar-refractivity contribution is 7.99. The minimum absolute atomic E-state index is 0.200. The molecule has 1 saturated heterocycles. The van der Waals surface area contributed by atoms with Gasteiger partial charge in [0, 0.05) is 12.5 Å². The summed E-state index contributed by atoms with van der Waals surface area (Å²) < 4.78 is 0. The molecule has 2 aliphatic carbocycles. The maximum Gasteiger partial charge on any atom is 0.223 e. The molecule has 96 valence electrons. The predicted molar refractivity (Wildman–Crippen MR) is 68.8 cm³/mol. The molecule has 2 saturated carbocycles. The maximum atomic E-state index is 12.0. The quantitative estimate of drug-likeness (QED) is 0.801. The van der Waals surface area contributed by atoms with Gasteiger partial charge in [-0.15, -0.1) is 0 Å². The first-order valence-corrected chi connectivity index (χ1v) is 7.93. The Morgan fingerprint density at radius 2 is 1.94 bits per heavy atom. The molecule has 0 aromatic rings. The molecule has 0 bridgehead atoms. The average Bonchev–Trinajstić information content (AvgIpc) is 2.81. The highest BCUT2D eigenvalue weighted by Gasteiger charge is 2.56. The third kappa shape index (κ3) is 2.34. The second-order valence-corrected chi connectivity index (χ2v) is 7.06. The number of fused-ring (bicyclic) bond motifs is 1. The number of amides is 1. The van der Waals surface area contributed by atoms with E-state index in [2.05, 4.69) is 5.32 Å². The summed E-state index contributed by atoms with van der Waals surface area (Å²) in [5, 5.41) is 13.3. The van der Waals surface area contributed by atoms with E-state index in [9.17, 15) is 9.90 Å². The molecular weight excluding hydrogens is 234 g/mol. The van der Waals surface area contributed by atoms with Gasteiger partial charge in [-0.2, -0.15) is 11.8 Å². The summed E-state index contributed by atoms with van der Waals surface area (Å²) in [4.78, 5) is 12.0. The van der Waals surface area contributed by atoms with Crippen LogP contribution in [0.5, 0.6) is 0 Å². The lowest BCUT2D eigenvalue weighted by Crippen LogP contribution is -2.46. The van der Waals surface area contributed by atoms with Crippen molar-refractivity contribution in [3.63, 3.8) is 0 Å². The summed E-state index contributed by atoms with van der Waals surface area (Å²) in [5.74, 6) is 3.86. The molecule has 4 heteroatoms. The van der Waals surface area contributed by atoms with Gasteiger partial charge >= 0.3 is 0 Å². The zero-order valence-corrected chi connectivity index (χ0v) is 11.0. The van der Waals surface area contributed by atoms with Gasteiger partial charge in [0.2, 0.25) is 5.91 Å². The van der Waals surface area contributed by atoms with E-state index in [1.54, 1.807) is 0 Å². The van der Waals surface area contributed by atoms with Crippen LogP contribution in [0.4, 0.5) is 0 Å². The molecule has 2 N–H and O–H groups in total. The molecule has 0 aromatic carbocycles. The minimum atomic E-state index is -0.634. The van der Waals surface area contributed by atoms with Crippen molar-refractivity contribution < 1.29 is 9.90 Å². The Bertz CT molecular complexity index is 305. The van der Waals surface area contributed by atoms with Gasteiger partial charge in [-0.05, 0) is 49.0 Å². The van der Waals surface area contributed by atoms with E-state index in [4.69, 9.17) is 0 Å². The van der Waals surface area contributed by atoms with E-state index in [0.717, 1.165) is 24.3 Å². The van der Waals surface area contributed by atoms with Crippen LogP contribution in [0.15, 0.2) is 0 Å². The molecule has 1 amide bonds.